The van der Waals surface area contributed by atoms with Crippen molar-refractivity contribution in [1.29, 1.82) is 0 Å². The summed E-state index contributed by atoms with van der Waals surface area (Å²) >= 11 is 0. The highest BCUT2D eigenvalue weighted by Gasteiger charge is 2.13. The summed E-state index contributed by atoms with van der Waals surface area (Å²) in [5, 5.41) is 3.06. The Labute approximate surface area is 78.8 Å². The number of nitrogens with zero attached hydrogens (tertiary/aromatic N) is 2. The quantitative estimate of drug-likeness (QED) is 0.696. The van der Waals surface area contributed by atoms with Gasteiger partial charge in [-0.2, -0.15) is 0 Å². The van der Waals surface area contributed by atoms with Crippen molar-refractivity contribution in [2.45, 2.75) is 13.0 Å². The maximum atomic E-state index is 4.53. The van der Waals surface area contributed by atoms with Gasteiger partial charge in [-0.15, -0.1) is 0 Å². The van der Waals surface area contributed by atoms with Gasteiger partial charge in [-0.25, -0.2) is 4.98 Å². The van der Waals surface area contributed by atoms with Gasteiger partial charge >= 0.3 is 0 Å². The van der Waals surface area contributed by atoms with Crippen LogP contribution in [0.1, 0.15) is 11.3 Å². The molecule has 2 heterocycles. The molecule has 1 aliphatic heterocycles. The number of fused-ring (bicyclic) bond motifs is 1. The lowest BCUT2D eigenvalue weighted by atomic mass is 10.1. The van der Waals surface area contributed by atoms with Crippen LogP contribution in [0.5, 0.6) is 0 Å². The smallest absolute Gasteiger partial charge is 0.125 e. The van der Waals surface area contributed by atoms with Crippen molar-refractivity contribution in [2.75, 3.05) is 26.0 Å². The Balaban J connectivity index is 2.31. The lowest BCUT2D eigenvalue weighted by Gasteiger charge is -2.24. The molecule has 70 valence electrons. The second-order valence-corrected chi connectivity index (χ2v) is 3.54. The fourth-order valence-corrected chi connectivity index (χ4v) is 1.70. The van der Waals surface area contributed by atoms with Crippen LogP contribution in [0, 0.1) is 0 Å². The number of hydrogen-bond donors (Lipinski definition) is 1. The van der Waals surface area contributed by atoms with Crippen molar-refractivity contribution in [3.8, 4) is 0 Å². The first-order valence-electron chi connectivity index (χ1n) is 4.64. The third kappa shape index (κ3) is 1.65. The minimum Gasteiger partial charge on any atom is -0.373 e. The maximum absolute atomic E-state index is 4.53. The fourth-order valence-electron chi connectivity index (χ4n) is 1.70. The van der Waals surface area contributed by atoms with E-state index in [0.717, 1.165) is 25.3 Å². The number of likely N-dealkylation sites (N-methyl/N-ethyl adjacent to an activating group) is 1. The van der Waals surface area contributed by atoms with E-state index in [9.17, 15) is 0 Å². The summed E-state index contributed by atoms with van der Waals surface area (Å²) in [5.74, 6) is 0.975. The molecule has 0 atom stereocenters. The number of anilines is 1. The van der Waals surface area contributed by atoms with E-state index in [1.165, 1.54) is 11.3 Å². The van der Waals surface area contributed by atoms with Gasteiger partial charge in [0.2, 0.25) is 0 Å². The summed E-state index contributed by atoms with van der Waals surface area (Å²) in [6, 6.07) is 4.21. The van der Waals surface area contributed by atoms with Crippen molar-refractivity contribution < 1.29 is 0 Å². The fraction of sp³-hybridized carbons (Fsp3) is 0.500. The topological polar surface area (TPSA) is 28.2 Å². The molecule has 0 fully saturated rings. The lowest BCUT2D eigenvalue weighted by Crippen LogP contribution is -2.27. The van der Waals surface area contributed by atoms with Crippen molar-refractivity contribution in [3.63, 3.8) is 0 Å². The zero-order chi connectivity index (χ0) is 9.26. The largest absolute Gasteiger partial charge is 0.373 e. The average Bonchev–Trinajstić information content (AvgIpc) is 2.17. The minimum absolute atomic E-state index is 0.975. The number of pyridine rings is 1. The van der Waals surface area contributed by atoms with Crippen LogP contribution in [-0.4, -0.2) is 30.5 Å². The number of aromatic nitrogens is 1. The molecule has 1 aliphatic rings. The Morgan fingerprint density at radius 1 is 1.46 bits per heavy atom. The van der Waals surface area contributed by atoms with Crippen LogP contribution in [0.2, 0.25) is 0 Å². The first-order valence-corrected chi connectivity index (χ1v) is 4.64. The molecule has 1 aromatic rings. The second-order valence-electron chi connectivity index (χ2n) is 3.54. The molecule has 13 heavy (non-hydrogen) atoms. The number of nitrogens with one attached hydrogen (secondary N) is 1. The summed E-state index contributed by atoms with van der Waals surface area (Å²) in [6.45, 7) is 2.15. The highest BCUT2D eigenvalue weighted by Crippen LogP contribution is 2.17. The summed E-state index contributed by atoms with van der Waals surface area (Å²) in [5.41, 5.74) is 2.62. The van der Waals surface area contributed by atoms with Crippen molar-refractivity contribution in [2.24, 2.45) is 0 Å². The van der Waals surface area contributed by atoms with E-state index in [2.05, 4.69) is 28.3 Å². The first kappa shape index (κ1) is 8.51. The predicted molar refractivity (Wildman–Crippen MR) is 53.8 cm³/mol. The van der Waals surface area contributed by atoms with Gasteiger partial charge in [0.25, 0.3) is 0 Å². The summed E-state index contributed by atoms with van der Waals surface area (Å²) < 4.78 is 0. The molecular weight excluding hydrogens is 162 g/mol. The molecular formula is C10H15N3. The van der Waals surface area contributed by atoms with E-state index in [-0.39, 0.29) is 0 Å². The molecule has 0 saturated heterocycles. The van der Waals surface area contributed by atoms with Crippen LogP contribution in [0.25, 0.3) is 0 Å². The van der Waals surface area contributed by atoms with Gasteiger partial charge in [0.05, 0.1) is 0 Å². The van der Waals surface area contributed by atoms with E-state index >= 15 is 0 Å². The third-order valence-electron chi connectivity index (χ3n) is 2.50. The van der Waals surface area contributed by atoms with Crippen LogP contribution in [0.15, 0.2) is 12.1 Å². The average molecular weight is 177 g/mol. The van der Waals surface area contributed by atoms with Crippen LogP contribution < -0.4 is 5.32 Å². The predicted octanol–water partition coefficient (Wildman–Crippen LogP) is 1.11. The zero-order valence-corrected chi connectivity index (χ0v) is 8.17. The van der Waals surface area contributed by atoms with E-state index in [0.29, 0.717) is 0 Å². The number of rotatable bonds is 1. The zero-order valence-electron chi connectivity index (χ0n) is 8.17. The molecule has 2 rings (SSSR count). The van der Waals surface area contributed by atoms with E-state index < -0.39 is 0 Å². The molecule has 3 nitrogen and oxygen atoms in total. The Bertz CT molecular complexity index is 309. The van der Waals surface area contributed by atoms with Crippen LogP contribution in [-0.2, 0) is 13.0 Å². The molecule has 3 heteroatoms. The van der Waals surface area contributed by atoms with Gasteiger partial charge in [0.15, 0.2) is 0 Å². The maximum Gasteiger partial charge on any atom is 0.125 e. The summed E-state index contributed by atoms with van der Waals surface area (Å²) in [6.07, 6.45) is 1.07. The van der Waals surface area contributed by atoms with Crippen molar-refractivity contribution in [1.82, 2.24) is 9.88 Å². The highest BCUT2D eigenvalue weighted by molar-refractivity contribution is 5.38. The van der Waals surface area contributed by atoms with E-state index in [1.807, 2.05) is 13.1 Å². The SMILES string of the molecule is CNc1ccc2c(n1)CCN(C)C2. The van der Waals surface area contributed by atoms with Gasteiger partial charge in [-0.3, -0.25) is 0 Å². The highest BCUT2D eigenvalue weighted by atomic mass is 15.1. The summed E-state index contributed by atoms with van der Waals surface area (Å²) in [4.78, 5) is 6.85. The van der Waals surface area contributed by atoms with Crippen LogP contribution >= 0.6 is 0 Å². The van der Waals surface area contributed by atoms with E-state index in [1.54, 1.807) is 0 Å². The molecule has 0 amide bonds. The Kier molecular flexibility index (Phi) is 2.19. The van der Waals surface area contributed by atoms with Crippen molar-refractivity contribution >= 4 is 5.82 Å². The molecule has 0 unspecified atom stereocenters. The lowest BCUT2D eigenvalue weighted by molar-refractivity contribution is 0.310. The van der Waals surface area contributed by atoms with Gasteiger partial charge in [-0.1, -0.05) is 6.07 Å². The standard InChI is InChI=1S/C10H15N3/c1-11-10-4-3-8-7-13(2)6-5-9(8)12-10/h3-4H,5-7H2,1-2H3,(H,11,12). The van der Waals surface area contributed by atoms with Gasteiger partial charge in [0, 0.05) is 32.3 Å². The molecule has 1 aromatic heterocycles. The molecule has 0 bridgehead atoms. The van der Waals surface area contributed by atoms with Crippen LogP contribution in [0.3, 0.4) is 0 Å². The Hall–Kier alpha value is -1.09. The molecule has 0 aromatic carbocycles. The van der Waals surface area contributed by atoms with Crippen molar-refractivity contribution in [3.05, 3.63) is 23.4 Å². The third-order valence-corrected chi connectivity index (χ3v) is 2.50. The normalized spacial score (nSPS) is 16.8. The van der Waals surface area contributed by atoms with Crippen LogP contribution in [0.4, 0.5) is 5.82 Å². The monoisotopic (exact) mass is 177 g/mol. The molecule has 0 radical (unpaired) electrons. The number of hydrogen-bond acceptors (Lipinski definition) is 3. The van der Waals surface area contributed by atoms with Gasteiger partial charge < -0.3 is 10.2 Å². The molecule has 0 spiro atoms. The molecule has 0 aliphatic carbocycles. The Morgan fingerprint density at radius 3 is 3.08 bits per heavy atom. The van der Waals surface area contributed by atoms with Gasteiger partial charge in [0.1, 0.15) is 5.82 Å². The molecule has 1 N–H and O–H groups in total. The van der Waals surface area contributed by atoms with E-state index in [4.69, 9.17) is 0 Å². The minimum atomic E-state index is 0.975. The summed E-state index contributed by atoms with van der Waals surface area (Å²) in [7, 11) is 4.05. The second kappa shape index (κ2) is 3.34. The Morgan fingerprint density at radius 2 is 2.31 bits per heavy atom. The molecule has 0 saturated carbocycles. The first-order chi connectivity index (χ1) is 6.29. The van der Waals surface area contributed by atoms with Gasteiger partial charge in [-0.05, 0) is 18.7 Å².